The molecule has 45 heavy (non-hydrogen) atoms. The highest BCUT2D eigenvalue weighted by Gasteiger charge is 2.32. The second kappa shape index (κ2) is 11.7. The molecule has 3 aromatic carbocycles. The van der Waals surface area contributed by atoms with E-state index in [1.165, 1.54) is 11.1 Å². The van der Waals surface area contributed by atoms with Gasteiger partial charge in [0.15, 0.2) is 0 Å². The first-order valence-electron chi connectivity index (χ1n) is 16.8. The summed E-state index contributed by atoms with van der Waals surface area (Å²) < 4.78 is 0. The molecule has 3 aromatic rings. The van der Waals surface area contributed by atoms with Crippen LogP contribution < -0.4 is 0 Å². The van der Waals surface area contributed by atoms with Crippen molar-refractivity contribution in [3.8, 4) is 17.2 Å². The maximum absolute atomic E-state index is 11.9. The number of nitrogens with zero attached hydrogens (tertiary/aromatic N) is 2. The standard InChI is InChI=1S/C40H56N2O3/c1-24-20-42-23-31-19-34(40(9,10)11)17-29(37(31)45)13-27-15-32(38(3,4)5)14-26(35(27)43)12-28-16-33(39(6,7)8)18-30(36(28)44)22-41(24)21-25(42)2/h14-19,24-25,43-45H,12-13,20-23H2,1-11H3. The summed E-state index contributed by atoms with van der Waals surface area (Å²) in [6, 6.07) is 13.4. The number of aromatic hydroxyl groups is 3. The summed E-state index contributed by atoms with van der Waals surface area (Å²) in [5.74, 6) is 0.901. The van der Waals surface area contributed by atoms with Crippen LogP contribution in [-0.4, -0.2) is 50.3 Å². The van der Waals surface area contributed by atoms with Gasteiger partial charge >= 0.3 is 0 Å². The minimum atomic E-state index is -0.150. The molecule has 4 atom stereocenters. The molecule has 8 bridgehead atoms. The quantitative estimate of drug-likeness (QED) is 0.238. The first-order valence-corrected chi connectivity index (χ1v) is 16.8. The molecule has 0 aromatic heterocycles. The maximum Gasteiger partial charge on any atom is 0.123 e. The summed E-state index contributed by atoms with van der Waals surface area (Å²) in [5.41, 5.74) is 8.32. The molecule has 5 nitrogen and oxygen atoms in total. The molecule has 3 heterocycles. The highest BCUT2D eigenvalue weighted by Crippen LogP contribution is 2.41. The highest BCUT2D eigenvalue weighted by atomic mass is 16.3. The van der Waals surface area contributed by atoms with Gasteiger partial charge in [-0.1, -0.05) is 98.7 Å². The van der Waals surface area contributed by atoms with E-state index in [1.54, 1.807) is 0 Å². The minimum Gasteiger partial charge on any atom is -0.507 e. The van der Waals surface area contributed by atoms with Gasteiger partial charge in [0, 0.05) is 62.2 Å². The molecule has 0 saturated carbocycles. The van der Waals surface area contributed by atoms with Crippen LogP contribution in [0.3, 0.4) is 0 Å². The first-order chi connectivity index (χ1) is 20.7. The zero-order chi connectivity index (χ0) is 33.2. The third kappa shape index (κ3) is 6.90. The molecule has 3 aliphatic heterocycles. The van der Waals surface area contributed by atoms with E-state index in [4.69, 9.17) is 0 Å². The van der Waals surface area contributed by atoms with E-state index in [0.29, 0.717) is 37.4 Å². The van der Waals surface area contributed by atoms with E-state index in [0.717, 1.165) is 52.0 Å². The number of phenolic OH excluding ortho intramolecular Hbond substituents is 3. The number of hydrogen-bond donors (Lipinski definition) is 3. The molecule has 3 aliphatic rings. The Kier molecular flexibility index (Phi) is 8.63. The third-order valence-electron chi connectivity index (χ3n) is 10.2. The largest absolute Gasteiger partial charge is 0.507 e. The van der Waals surface area contributed by atoms with Crippen molar-refractivity contribution < 1.29 is 15.3 Å². The zero-order valence-corrected chi connectivity index (χ0v) is 29.6. The van der Waals surface area contributed by atoms with Gasteiger partial charge in [-0.15, -0.1) is 0 Å². The van der Waals surface area contributed by atoms with Crippen LogP contribution in [0.2, 0.25) is 0 Å². The van der Waals surface area contributed by atoms with Gasteiger partial charge < -0.3 is 15.3 Å². The van der Waals surface area contributed by atoms with Crippen LogP contribution in [0.4, 0.5) is 0 Å². The van der Waals surface area contributed by atoms with Gasteiger partial charge in [-0.3, -0.25) is 9.80 Å². The van der Waals surface area contributed by atoms with Crippen molar-refractivity contribution in [3.63, 3.8) is 0 Å². The number of hydrogen-bond acceptors (Lipinski definition) is 5. The lowest BCUT2D eigenvalue weighted by molar-refractivity contribution is 0.0319. The number of benzene rings is 3. The normalized spacial score (nSPS) is 22.7. The molecule has 5 heteroatoms. The predicted molar refractivity (Wildman–Crippen MR) is 186 cm³/mol. The average molecular weight is 613 g/mol. The molecule has 6 rings (SSSR count). The fourth-order valence-electron chi connectivity index (χ4n) is 6.92. The Hall–Kier alpha value is -3.02. The summed E-state index contributed by atoms with van der Waals surface area (Å²) in [7, 11) is 0. The van der Waals surface area contributed by atoms with Crippen molar-refractivity contribution in [3.05, 3.63) is 86.5 Å². The van der Waals surface area contributed by atoms with Crippen LogP contribution in [0.1, 0.15) is 126 Å². The van der Waals surface area contributed by atoms with E-state index in [1.807, 2.05) is 0 Å². The zero-order valence-electron chi connectivity index (χ0n) is 29.6. The number of rotatable bonds is 0. The van der Waals surface area contributed by atoms with Crippen LogP contribution in [0.25, 0.3) is 0 Å². The average Bonchev–Trinajstić information content (AvgIpc) is 2.90. The fourth-order valence-corrected chi connectivity index (χ4v) is 6.92. The summed E-state index contributed by atoms with van der Waals surface area (Å²) in [5, 5.41) is 35.5. The Balaban J connectivity index is 1.78. The predicted octanol–water partition coefficient (Wildman–Crippen LogP) is 8.29. The molecular weight excluding hydrogens is 556 g/mol. The van der Waals surface area contributed by atoms with Gasteiger partial charge in [0.1, 0.15) is 17.2 Å². The number of piperazine rings is 1. The van der Waals surface area contributed by atoms with Crippen molar-refractivity contribution in [2.45, 2.75) is 130 Å². The molecule has 3 N–H and O–H groups in total. The van der Waals surface area contributed by atoms with E-state index in [-0.39, 0.29) is 34.1 Å². The van der Waals surface area contributed by atoms with Crippen LogP contribution in [0.5, 0.6) is 17.2 Å². The lowest BCUT2D eigenvalue weighted by Gasteiger charge is -2.44. The van der Waals surface area contributed by atoms with Gasteiger partial charge in [-0.05, 0) is 69.0 Å². The summed E-state index contributed by atoms with van der Waals surface area (Å²) in [6.45, 7) is 27.5. The van der Waals surface area contributed by atoms with Crippen LogP contribution in [0, 0.1) is 0 Å². The first kappa shape index (κ1) is 33.3. The summed E-state index contributed by atoms with van der Waals surface area (Å²) in [4.78, 5) is 4.97. The van der Waals surface area contributed by atoms with Crippen LogP contribution >= 0.6 is 0 Å². The molecule has 4 unspecified atom stereocenters. The highest BCUT2D eigenvalue weighted by molar-refractivity contribution is 5.55. The van der Waals surface area contributed by atoms with Crippen molar-refractivity contribution in [1.82, 2.24) is 9.80 Å². The lowest BCUT2D eigenvalue weighted by Crippen LogP contribution is -2.55. The molecule has 1 fully saturated rings. The van der Waals surface area contributed by atoms with E-state index >= 15 is 0 Å². The van der Waals surface area contributed by atoms with Crippen molar-refractivity contribution >= 4 is 0 Å². The summed E-state index contributed by atoms with van der Waals surface area (Å²) >= 11 is 0. The molecule has 244 valence electrons. The molecule has 0 aliphatic carbocycles. The van der Waals surface area contributed by atoms with E-state index < -0.39 is 0 Å². The minimum absolute atomic E-state index is 0.0969. The Morgan fingerprint density at radius 3 is 0.978 bits per heavy atom. The van der Waals surface area contributed by atoms with E-state index in [9.17, 15) is 15.3 Å². The number of fused-ring (bicyclic) bond motifs is 2. The third-order valence-corrected chi connectivity index (χ3v) is 10.2. The number of phenols is 3. The smallest absolute Gasteiger partial charge is 0.123 e. The maximum atomic E-state index is 11.9. The van der Waals surface area contributed by atoms with Gasteiger partial charge in [0.2, 0.25) is 0 Å². The van der Waals surface area contributed by atoms with Gasteiger partial charge in [-0.2, -0.15) is 0 Å². The van der Waals surface area contributed by atoms with Crippen molar-refractivity contribution in [1.29, 1.82) is 0 Å². The SMILES string of the molecule is CC1CN2Cc3cc(C(C)(C)C)cc(c3O)Cc3cc(C(C)(C)C)cc(c3O)Cc3cc(C(C)(C)C)cc(c3O)CN1CC2C. The molecule has 0 spiro atoms. The Bertz CT molecular complexity index is 1480. The fraction of sp³-hybridized carbons (Fsp3) is 0.550. The molecule has 1 saturated heterocycles. The summed E-state index contributed by atoms with van der Waals surface area (Å²) in [6.07, 6.45) is 0.842. The van der Waals surface area contributed by atoms with Gasteiger partial charge in [0.25, 0.3) is 0 Å². The topological polar surface area (TPSA) is 67.2 Å². The molecule has 0 radical (unpaired) electrons. The Morgan fingerprint density at radius 1 is 0.467 bits per heavy atom. The van der Waals surface area contributed by atoms with Crippen molar-refractivity contribution in [2.24, 2.45) is 0 Å². The van der Waals surface area contributed by atoms with Crippen molar-refractivity contribution in [2.75, 3.05) is 13.1 Å². The van der Waals surface area contributed by atoms with Crippen LogP contribution in [-0.2, 0) is 42.2 Å². The van der Waals surface area contributed by atoms with Gasteiger partial charge in [-0.25, -0.2) is 0 Å². The second-order valence-corrected chi connectivity index (χ2v) is 17.1. The Labute approximate surface area is 271 Å². The second-order valence-electron chi connectivity index (χ2n) is 17.1. The molecular formula is C40H56N2O3. The van der Waals surface area contributed by atoms with Crippen LogP contribution in [0.15, 0.2) is 36.4 Å². The molecule has 0 amide bonds. The lowest BCUT2D eigenvalue weighted by atomic mass is 9.81. The van der Waals surface area contributed by atoms with Gasteiger partial charge in [0.05, 0.1) is 0 Å². The van der Waals surface area contributed by atoms with E-state index in [2.05, 4.69) is 122 Å². The Morgan fingerprint density at radius 2 is 0.711 bits per heavy atom. The monoisotopic (exact) mass is 612 g/mol.